The molecule has 1 atom stereocenters. The first-order valence-corrected chi connectivity index (χ1v) is 8.41. The van der Waals surface area contributed by atoms with Crippen molar-refractivity contribution in [3.8, 4) is 0 Å². The third-order valence-electron chi connectivity index (χ3n) is 5.46. The summed E-state index contributed by atoms with van der Waals surface area (Å²) in [4.78, 5) is 11.8. The average Bonchev–Trinajstić information content (AvgIpc) is 2.35. The molecule has 0 spiro atoms. The maximum absolute atomic E-state index is 11.8. The summed E-state index contributed by atoms with van der Waals surface area (Å²) >= 11 is 0. The maximum atomic E-state index is 11.8. The van der Waals surface area contributed by atoms with Gasteiger partial charge in [-0.05, 0) is 63.2 Å². The summed E-state index contributed by atoms with van der Waals surface area (Å²) in [6, 6.07) is 0. The van der Waals surface area contributed by atoms with Crippen LogP contribution < -0.4 is 0 Å². The van der Waals surface area contributed by atoms with Gasteiger partial charge in [0.25, 0.3) is 0 Å². The van der Waals surface area contributed by atoms with Crippen molar-refractivity contribution < 1.29 is 14.3 Å². The van der Waals surface area contributed by atoms with Crippen LogP contribution in [-0.4, -0.2) is 17.9 Å². The first-order chi connectivity index (χ1) is 9.87. The molecule has 0 aromatic heterocycles. The number of esters is 1. The summed E-state index contributed by atoms with van der Waals surface area (Å²) < 4.78 is 12.0. The zero-order valence-electron chi connectivity index (χ0n) is 13.6. The summed E-state index contributed by atoms with van der Waals surface area (Å²) in [6.07, 6.45) is 7.21. The molecule has 4 saturated carbocycles. The van der Waals surface area contributed by atoms with E-state index in [1.54, 1.807) is 6.92 Å². The predicted octanol–water partition coefficient (Wildman–Crippen LogP) is 4.07. The molecule has 4 rings (SSSR count). The maximum Gasteiger partial charge on any atom is 0.335 e. The average molecular weight is 292 g/mol. The summed E-state index contributed by atoms with van der Waals surface area (Å²) in [6.45, 7) is 9.45. The lowest BCUT2D eigenvalue weighted by Crippen LogP contribution is -2.54. The van der Waals surface area contributed by atoms with E-state index in [1.807, 2.05) is 0 Å². The van der Waals surface area contributed by atoms with Crippen LogP contribution in [0.2, 0.25) is 0 Å². The molecule has 0 radical (unpaired) electrons. The molecule has 4 aliphatic carbocycles. The fourth-order valence-electron chi connectivity index (χ4n) is 4.92. The third kappa shape index (κ3) is 3.03. The van der Waals surface area contributed by atoms with Crippen LogP contribution in [0.5, 0.6) is 0 Å². The van der Waals surface area contributed by atoms with Gasteiger partial charge >= 0.3 is 5.97 Å². The number of hydrogen-bond acceptors (Lipinski definition) is 3. The molecule has 0 N–H and O–H groups in total. The Labute approximate surface area is 128 Å². The Morgan fingerprint density at radius 1 is 1.10 bits per heavy atom. The molecule has 0 heterocycles. The van der Waals surface area contributed by atoms with Gasteiger partial charge in [-0.3, -0.25) is 0 Å². The molecule has 0 aromatic rings. The standard InChI is InChI=1S/C18H28O3/c1-11(2)16(19)20-17(12(3)4)21-18-8-13-5-14(9-18)7-15(6-13)10-18/h12-15,17H,1,5-10H2,2-4H3. The van der Waals surface area contributed by atoms with Crippen molar-refractivity contribution in [2.75, 3.05) is 0 Å². The fraction of sp³-hybridized carbons (Fsp3) is 0.833. The molecule has 21 heavy (non-hydrogen) atoms. The molecule has 4 aliphatic rings. The minimum Gasteiger partial charge on any atom is -0.432 e. The summed E-state index contributed by atoms with van der Waals surface area (Å²) in [5.41, 5.74) is 0.411. The van der Waals surface area contributed by atoms with Crippen molar-refractivity contribution in [2.24, 2.45) is 23.7 Å². The van der Waals surface area contributed by atoms with Gasteiger partial charge in [-0.1, -0.05) is 20.4 Å². The number of rotatable bonds is 5. The molecule has 0 amide bonds. The second kappa shape index (κ2) is 5.42. The Hall–Kier alpha value is -0.830. The van der Waals surface area contributed by atoms with Gasteiger partial charge in [0.2, 0.25) is 6.29 Å². The highest BCUT2D eigenvalue weighted by Gasteiger charge is 2.53. The zero-order chi connectivity index (χ0) is 15.2. The van der Waals surface area contributed by atoms with E-state index in [2.05, 4.69) is 20.4 Å². The van der Waals surface area contributed by atoms with Crippen molar-refractivity contribution in [1.82, 2.24) is 0 Å². The Kier molecular flexibility index (Phi) is 3.89. The Morgan fingerprint density at radius 2 is 1.57 bits per heavy atom. The van der Waals surface area contributed by atoms with E-state index >= 15 is 0 Å². The van der Waals surface area contributed by atoms with Crippen molar-refractivity contribution >= 4 is 5.97 Å². The topological polar surface area (TPSA) is 35.5 Å². The molecule has 1 unspecified atom stereocenters. The van der Waals surface area contributed by atoms with E-state index in [0.29, 0.717) is 5.57 Å². The summed E-state index contributed by atoms with van der Waals surface area (Å²) in [5.74, 6) is 2.34. The van der Waals surface area contributed by atoms with Crippen LogP contribution >= 0.6 is 0 Å². The van der Waals surface area contributed by atoms with Crippen LogP contribution in [-0.2, 0) is 14.3 Å². The zero-order valence-corrected chi connectivity index (χ0v) is 13.6. The lowest BCUT2D eigenvalue weighted by Gasteiger charge is -2.57. The van der Waals surface area contributed by atoms with Crippen molar-refractivity contribution in [3.05, 3.63) is 12.2 Å². The molecule has 0 aliphatic heterocycles. The van der Waals surface area contributed by atoms with Crippen molar-refractivity contribution in [2.45, 2.75) is 71.2 Å². The van der Waals surface area contributed by atoms with Crippen LogP contribution in [0.25, 0.3) is 0 Å². The fourth-order valence-corrected chi connectivity index (χ4v) is 4.92. The van der Waals surface area contributed by atoms with E-state index in [-0.39, 0.29) is 17.5 Å². The van der Waals surface area contributed by atoms with Crippen molar-refractivity contribution in [1.29, 1.82) is 0 Å². The highest BCUT2D eigenvalue weighted by atomic mass is 16.7. The minimum absolute atomic E-state index is 0.0287. The van der Waals surface area contributed by atoms with Crippen LogP contribution in [0.3, 0.4) is 0 Å². The molecule has 0 saturated heterocycles. The molecule has 3 nitrogen and oxygen atoms in total. The lowest BCUT2D eigenvalue weighted by atomic mass is 9.54. The molecule has 3 heteroatoms. The molecular formula is C18H28O3. The predicted molar refractivity (Wildman–Crippen MR) is 81.5 cm³/mol. The van der Waals surface area contributed by atoms with E-state index in [1.165, 1.54) is 19.3 Å². The Bertz CT molecular complexity index is 402. The van der Waals surface area contributed by atoms with E-state index < -0.39 is 6.29 Å². The first-order valence-electron chi connectivity index (χ1n) is 8.41. The SMILES string of the molecule is C=C(C)C(=O)OC(OC12CC3CC(CC(C3)C1)C2)C(C)C. The number of carbonyl (C=O) groups excluding carboxylic acids is 1. The molecule has 0 aromatic carbocycles. The Balaban J connectivity index is 1.70. The molecule has 4 bridgehead atoms. The van der Waals surface area contributed by atoms with Gasteiger partial charge < -0.3 is 9.47 Å². The van der Waals surface area contributed by atoms with E-state index in [4.69, 9.17) is 9.47 Å². The van der Waals surface area contributed by atoms with Crippen LogP contribution in [0, 0.1) is 23.7 Å². The molecular weight excluding hydrogens is 264 g/mol. The third-order valence-corrected chi connectivity index (χ3v) is 5.46. The number of hydrogen-bond donors (Lipinski definition) is 0. The van der Waals surface area contributed by atoms with Crippen molar-refractivity contribution in [3.63, 3.8) is 0 Å². The smallest absolute Gasteiger partial charge is 0.335 e. The molecule has 118 valence electrons. The van der Waals surface area contributed by atoms with Gasteiger partial charge in [-0.25, -0.2) is 4.79 Å². The van der Waals surface area contributed by atoms with E-state index in [0.717, 1.165) is 37.0 Å². The monoisotopic (exact) mass is 292 g/mol. The normalized spacial score (nSPS) is 38.6. The van der Waals surface area contributed by atoms with Crippen LogP contribution in [0.4, 0.5) is 0 Å². The second-order valence-corrected chi connectivity index (χ2v) is 8.02. The summed E-state index contributed by atoms with van der Waals surface area (Å²) in [5, 5.41) is 0. The van der Waals surface area contributed by atoms with Crippen LogP contribution in [0.15, 0.2) is 12.2 Å². The van der Waals surface area contributed by atoms with Gasteiger partial charge in [0.05, 0.1) is 5.60 Å². The van der Waals surface area contributed by atoms with Gasteiger partial charge in [0.15, 0.2) is 0 Å². The summed E-state index contributed by atoms with van der Waals surface area (Å²) in [7, 11) is 0. The highest BCUT2D eigenvalue weighted by molar-refractivity contribution is 5.87. The van der Waals surface area contributed by atoms with Gasteiger partial charge in [0.1, 0.15) is 0 Å². The Morgan fingerprint density at radius 3 is 1.95 bits per heavy atom. The number of carbonyl (C=O) groups is 1. The lowest BCUT2D eigenvalue weighted by molar-refractivity contribution is -0.260. The minimum atomic E-state index is -0.439. The van der Waals surface area contributed by atoms with Gasteiger partial charge in [0, 0.05) is 11.5 Å². The number of ether oxygens (including phenoxy) is 2. The largest absolute Gasteiger partial charge is 0.432 e. The van der Waals surface area contributed by atoms with Crippen LogP contribution in [0.1, 0.15) is 59.3 Å². The van der Waals surface area contributed by atoms with E-state index in [9.17, 15) is 4.79 Å². The van der Waals surface area contributed by atoms with Gasteiger partial charge in [-0.2, -0.15) is 0 Å². The molecule has 4 fully saturated rings. The van der Waals surface area contributed by atoms with Gasteiger partial charge in [-0.15, -0.1) is 0 Å². The highest BCUT2D eigenvalue weighted by Crippen LogP contribution is 2.57. The first kappa shape index (κ1) is 15.1. The second-order valence-electron chi connectivity index (χ2n) is 8.02. The quantitative estimate of drug-likeness (QED) is 0.435.